The zero-order valence-electron chi connectivity index (χ0n) is 16.0. The molecule has 5 heteroatoms. The normalized spacial score (nSPS) is 16.9. The Bertz CT molecular complexity index is 727. The Kier molecular flexibility index (Phi) is 6.69. The maximum Gasteiger partial charge on any atom is 0.166 e. The predicted molar refractivity (Wildman–Crippen MR) is 104 cm³/mol. The van der Waals surface area contributed by atoms with Crippen molar-refractivity contribution in [3.63, 3.8) is 0 Å². The summed E-state index contributed by atoms with van der Waals surface area (Å²) in [5, 5.41) is 10.9. The lowest BCUT2D eigenvalue weighted by atomic mass is 9.87. The summed E-state index contributed by atoms with van der Waals surface area (Å²) in [6, 6.07) is 12.4. The summed E-state index contributed by atoms with van der Waals surface area (Å²) in [6.45, 7) is 2.86. The third kappa shape index (κ3) is 4.79. The number of halogens is 1. The van der Waals surface area contributed by atoms with Gasteiger partial charge in [0.15, 0.2) is 11.5 Å². The summed E-state index contributed by atoms with van der Waals surface area (Å²) in [5.74, 6) is 1.27. The largest absolute Gasteiger partial charge is 0.493 e. The van der Waals surface area contributed by atoms with Gasteiger partial charge in [0.05, 0.1) is 20.3 Å². The summed E-state index contributed by atoms with van der Waals surface area (Å²) >= 11 is 0. The van der Waals surface area contributed by atoms with E-state index in [4.69, 9.17) is 9.47 Å². The molecule has 0 saturated carbocycles. The van der Waals surface area contributed by atoms with E-state index in [9.17, 15) is 9.50 Å². The molecule has 0 amide bonds. The number of rotatable bonds is 7. The van der Waals surface area contributed by atoms with Gasteiger partial charge in [-0.2, -0.15) is 0 Å². The number of nitrogens with zero attached hydrogens (tertiary/aromatic N) is 1. The highest BCUT2D eigenvalue weighted by atomic mass is 18.2. The number of methoxy groups -OCH3 is 2. The van der Waals surface area contributed by atoms with Gasteiger partial charge in [-0.3, -0.25) is 0 Å². The molecule has 2 aromatic carbocycles. The average molecular weight is 372 g/mol. The molecular weight excluding hydrogens is 344 g/mol. The van der Waals surface area contributed by atoms with Crippen LogP contribution >= 0.6 is 0 Å². The van der Waals surface area contributed by atoms with Crippen molar-refractivity contribution in [3.8, 4) is 11.5 Å². The lowest BCUT2D eigenvalue weighted by Gasteiger charge is -2.34. The van der Waals surface area contributed by atoms with Crippen LogP contribution in [0.2, 0.25) is 0 Å². The van der Waals surface area contributed by atoms with E-state index in [1.54, 1.807) is 14.2 Å². The Morgan fingerprint density at radius 2 is 1.78 bits per heavy atom. The second-order valence-corrected chi connectivity index (χ2v) is 7.08. The van der Waals surface area contributed by atoms with E-state index < -0.39 is 6.10 Å². The molecule has 1 fully saturated rings. The number of ether oxygens (including phenoxy) is 2. The predicted octanol–water partition coefficient (Wildman–Crippen LogP) is 3.83. The van der Waals surface area contributed by atoms with E-state index in [0.717, 1.165) is 50.0 Å². The number of piperidine rings is 1. The van der Waals surface area contributed by atoms with Crippen molar-refractivity contribution >= 4 is 0 Å². The minimum atomic E-state index is -0.561. The Morgan fingerprint density at radius 1 is 1.07 bits per heavy atom. The van der Waals surface area contributed by atoms with Gasteiger partial charge in [0.1, 0.15) is 5.82 Å². The third-order valence-electron chi connectivity index (χ3n) is 5.46. The van der Waals surface area contributed by atoms with Crippen LogP contribution in [0.1, 0.15) is 30.1 Å². The van der Waals surface area contributed by atoms with E-state index in [1.807, 2.05) is 30.3 Å². The molecule has 0 unspecified atom stereocenters. The number of hydrogen-bond donors (Lipinski definition) is 1. The van der Waals surface area contributed by atoms with Crippen LogP contribution in [0.5, 0.6) is 11.5 Å². The quantitative estimate of drug-likeness (QED) is 0.802. The van der Waals surface area contributed by atoms with Crippen molar-refractivity contribution < 1.29 is 19.0 Å². The van der Waals surface area contributed by atoms with Gasteiger partial charge < -0.3 is 19.5 Å². The molecule has 0 radical (unpaired) electrons. The van der Waals surface area contributed by atoms with E-state index >= 15 is 0 Å². The number of aliphatic hydroxyl groups is 1. The second kappa shape index (κ2) is 9.20. The molecule has 1 atom stereocenters. The SMILES string of the molecule is COc1cccc([C@H](O)C2CCN(CCc3ccc([18F])cc3)CC2)c1OC. The van der Waals surface area contributed by atoms with Crippen LogP contribution in [-0.4, -0.2) is 43.9 Å². The first kappa shape index (κ1) is 19.6. The van der Waals surface area contributed by atoms with E-state index in [0.29, 0.717) is 11.5 Å². The minimum absolute atomic E-state index is 0.193. The Hall–Kier alpha value is -2.11. The van der Waals surface area contributed by atoms with Crippen molar-refractivity contribution in [3.05, 3.63) is 59.4 Å². The maximum atomic E-state index is 13.0. The number of para-hydroxylation sites is 1. The number of hydrogen-bond acceptors (Lipinski definition) is 4. The lowest BCUT2D eigenvalue weighted by molar-refractivity contribution is 0.0573. The van der Waals surface area contributed by atoms with Crippen LogP contribution in [0, 0.1) is 11.7 Å². The molecule has 0 aliphatic carbocycles. The number of aliphatic hydroxyl groups excluding tert-OH is 1. The van der Waals surface area contributed by atoms with Crippen molar-refractivity contribution in [1.82, 2.24) is 4.90 Å². The highest BCUT2D eigenvalue weighted by molar-refractivity contribution is 5.47. The van der Waals surface area contributed by atoms with Crippen LogP contribution in [0.25, 0.3) is 0 Å². The zero-order chi connectivity index (χ0) is 19.2. The third-order valence-corrected chi connectivity index (χ3v) is 5.46. The van der Waals surface area contributed by atoms with Gasteiger partial charge in [-0.25, -0.2) is 4.39 Å². The molecule has 3 rings (SSSR count). The van der Waals surface area contributed by atoms with Gasteiger partial charge in [0, 0.05) is 12.1 Å². The Morgan fingerprint density at radius 3 is 2.41 bits per heavy atom. The fourth-order valence-electron chi connectivity index (χ4n) is 3.83. The van der Waals surface area contributed by atoms with Crippen molar-refractivity contribution in [2.24, 2.45) is 5.92 Å². The summed E-state index contributed by atoms with van der Waals surface area (Å²) in [4.78, 5) is 2.41. The van der Waals surface area contributed by atoms with Gasteiger partial charge in [-0.05, 0) is 62.0 Å². The molecule has 1 aliphatic heterocycles. The first-order valence-electron chi connectivity index (χ1n) is 9.48. The molecule has 2 aromatic rings. The standard InChI is InChI=1S/C22H28FNO3/c1-26-20-5-3-4-19(22(20)27-2)21(25)17-11-14-24(15-12-17)13-10-16-6-8-18(23)9-7-16/h3-9,17,21,25H,10-15H2,1-2H3/t21-/m1/s1/i23-1. The lowest BCUT2D eigenvalue weighted by Crippen LogP contribution is -2.36. The van der Waals surface area contributed by atoms with Crippen LogP contribution in [0.4, 0.5) is 4.39 Å². The van der Waals surface area contributed by atoms with Gasteiger partial charge >= 0.3 is 0 Å². The molecule has 146 valence electrons. The summed E-state index contributed by atoms with van der Waals surface area (Å²) in [6.07, 6.45) is 2.22. The molecule has 0 bridgehead atoms. The Balaban J connectivity index is 1.55. The second-order valence-electron chi connectivity index (χ2n) is 7.08. The average Bonchev–Trinajstić information content (AvgIpc) is 2.72. The smallest absolute Gasteiger partial charge is 0.166 e. The van der Waals surface area contributed by atoms with Crippen LogP contribution < -0.4 is 9.47 Å². The highest BCUT2D eigenvalue weighted by Crippen LogP contribution is 2.39. The topological polar surface area (TPSA) is 41.9 Å². The van der Waals surface area contributed by atoms with Crippen molar-refractivity contribution in [2.75, 3.05) is 33.9 Å². The summed E-state index contributed by atoms with van der Waals surface area (Å²) in [5.41, 5.74) is 1.95. The van der Waals surface area contributed by atoms with Crippen molar-refractivity contribution in [1.29, 1.82) is 0 Å². The van der Waals surface area contributed by atoms with E-state index in [2.05, 4.69) is 4.90 Å². The van der Waals surface area contributed by atoms with Gasteiger partial charge in [0.2, 0.25) is 0 Å². The number of benzene rings is 2. The summed E-state index contributed by atoms with van der Waals surface area (Å²) in [7, 11) is 3.21. The molecule has 4 nitrogen and oxygen atoms in total. The van der Waals surface area contributed by atoms with E-state index in [-0.39, 0.29) is 11.7 Å². The van der Waals surface area contributed by atoms with Gasteiger partial charge in [-0.15, -0.1) is 0 Å². The highest BCUT2D eigenvalue weighted by Gasteiger charge is 2.28. The van der Waals surface area contributed by atoms with Crippen LogP contribution in [0.15, 0.2) is 42.5 Å². The fourth-order valence-corrected chi connectivity index (χ4v) is 3.83. The molecule has 1 saturated heterocycles. The van der Waals surface area contributed by atoms with Gasteiger partial charge in [-0.1, -0.05) is 24.3 Å². The molecular formula is C22H28FNO3. The minimum Gasteiger partial charge on any atom is -0.493 e. The van der Waals surface area contributed by atoms with Gasteiger partial charge in [0.25, 0.3) is 0 Å². The van der Waals surface area contributed by atoms with Crippen LogP contribution in [0.3, 0.4) is 0 Å². The molecule has 1 heterocycles. The molecule has 1 N–H and O–H groups in total. The zero-order valence-corrected chi connectivity index (χ0v) is 16.0. The van der Waals surface area contributed by atoms with E-state index in [1.165, 1.54) is 12.1 Å². The first-order chi connectivity index (χ1) is 13.1. The maximum absolute atomic E-state index is 13.0. The summed E-state index contributed by atoms with van der Waals surface area (Å²) < 4.78 is 23.8. The fraction of sp³-hybridized carbons (Fsp3) is 0.455. The molecule has 0 aromatic heterocycles. The number of likely N-dealkylation sites (tertiary alicyclic amines) is 1. The molecule has 0 spiro atoms. The van der Waals surface area contributed by atoms with Crippen molar-refractivity contribution in [2.45, 2.75) is 25.4 Å². The first-order valence-corrected chi connectivity index (χ1v) is 9.48. The monoisotopic (exact) mass is 372 g/mol. The van der Waals surface area contributed by atoms with Crippen LogP contribution in [-0.2, 0) is 6.42 Å². The molecule has 27 heavy (non-hydrogen) atoms. The Labute approximate surface area is 160 Å². The molecule has 1 aliphatic rings.